The molecular formula is C36H54O15. The summed E-state index contributed by atoms with van der Waals surface area (Å²) in [5, 5.41) is 78.8. The summed E-state index contributed by atoms with van der Waals surface area (Å²) in [5.74, 6) is -2.14. The maximum Gasteiger partial charge on any atom is 0.335 e. The van der Waals surface area contributed by atoms with Crippen LogP contribution in [-0.2, 0) is 33.3 Å². The first-order valence-electron chi connectivity index (χ1n) is 16.5. The molecule has 8 atom stereocenters. The van der Waals surface area contributed by atoms with Crippen LogP contribution < -0.4 is 0 Å². The van der Waals surface area contributed by atoms with Gasteiger partial charge < -0.3 is 59.8 Å². The summed E-state index contributed by atoms with van der Waals surface area (Å²) in [4.78, 5) is 37.0. The highest BCUT2D eigenvalue weighted by atomic mass is 16.7. The van der Waals surface area contributed by atoms with Crippen LogP contribution in [0.4, 0.5) is 0 Å². The van der Waals surface area contributed by atoms with E-state index in [2.05, 4.69) is 0 Å². The third-order valence-corrected chi connectivity index (χ3v) is 8.21. The van der Waals surface area contributed by atoms with Crippen LogP contribution in [0.5, 0.6) is 0 Å². The first-order valence-corrected chi connectivity index (χ1v) is 16.5. The number of carbonyl (C=O) groups excluding carboxylic acids is 3. The van der Waals surface area contributed by atoms with Crippen molar-refractivity contribution in [1.29, 1.82) is 0 Å². The summed E-state index contributed by atoms with van der Waals surface area (Å²) < 4.78 is 20.6. The van der Waals surface area contributed by atoms with Gasteiger partial charge in [0.2, 0.25) is 6.29 Å². The number of hydrogen-bond acceptors (Lipinski definition) is 15. The van der Waals surface area contributed by atoms with Crippen LogP contribution in [0.25, 0.3) is 0 Å². The molecule has 1 fully saturated rings. The molecule has 15 heteroatoms. The Morgan fingerprint density at radius 3 is 1.37 bits per heavy atom. The lowest BCUT2D eigenvalue weighted by atomic mass is 9.99. The van der Waals surface area contributed by atoms with Gasteiger partial charge >= 0.3 is 17.9 Å². The molecule has 1 aliphatic rings. The third kappa shape index (κ3) is 15.7. The molecule has 0 bridgehead atoms. The number of ether oxygens (including phenoxy) is 4. The molecule has 1 saturated heterocycles. The second-order valence-electron chi connectivity index (χ2n) is 12.2. The van der Waals surface area contributed by atoms with Crippen molar-refractivity contribution in [2.75, 3.05) is 26.4 Å². The topological polar surface area (TPSA) is 250 Å². The molecule has 3 unspecified atom stereocenters. The van der Waals surface area contributed by atoms with Gasteiger partial charge in [-0.25, -0.2) is 14.4 Å². The van der Waals surface area contributed by atoms with Gasteiger partial charge in [-0.05, 0) is 89.7 Å². The fourth-order valence-corrected chi connectivity index (χ4v) is 4.31. The molecule has 0 saturated carbocycles. The minimum atomic E-state index is -1.75. The molecule has 1 rings (SSSR count). The van der Waals surface area contributed by atoms with Crippen molar-refractivity contribution >= 4 is 17.9 Å². The Morgan fingerprint density at radius 1 is 0.588 bits per heavy atom. The molecular weight excluding hydrogens is 672 g/mol. The lowest BCUT2D eigenvalue weighted by molar-refractivity contribution is -0.291. The quantitative estimate of drug-likeness (QED) is 0.0387. The van der Waals surface area contributed by atoms with Crippen LogP contribution in [0.2, 0.25) is 0 Å². The number of aliphatic hydroxyl groups is 8. The SMILES string of the molecule is C/C(=C\CC(O)/C(C)=C/CO)C(=O)OC/C=C(\C)C(O)C/C=C(\C)C(=O)OC/C=C(\C)C(O)C/C=C(\C)C(=O)O[C@@H]1O[C@H](CO)[C@@H](O)[C@H](O)[C@H]1O. The van der Waals surface area contributed by atoms with Gasteiger partial charge in [-0.1, -0.05) is 24.3 Å². The van der Waals surface area contributed by atoms with Gasteiger partial charge in [0.05, 0.1) is 31.5 Å². The fraction of sp³-hybridized carbons (Fsp3) is 0.583. The van der Waals surface area contributed by atoms with E-state index in [1.807, 2.05) is 0 Å². The number of carbonyl (C=O) groups is 3. The van der Waals surface area contributed by atoms with Gasteiger partial charge in [-0.2, -0.15) is 0 Å². The van der Waals surface area contributed by atoms with Crippen LogP contribution >= 0.6 is 0 Å². The molecule has 0 aromatic heterocycles. The Morgan fingerprint density at radius 2 is 0.980 bits per heavy atom. The smallest absolute Gasteiger partial charge is 0.335 e. The number of rotatable bonds is 19. The zero-order chi connectivity index (χ0) is 38.8. The zero-order valence-corrected chi connectivity index (χ0v) is 30.0. The summed E-state index contributed by atoms with van der Waals surface area (Å²) in [6, 6.07) is 0. The molecule has 15 nitrogen and oxygen atoms in total. The minimum absolute atomic E-state index is 0.0150. The summed E-state index contributed by atoms with van der Waals surface area (Å²) in [5.41, 5.74) is 2.14. The highest BCUT2D eigenvalue weighted by Gasteiger charge is 2.45. The maximum atomic E-state index is 12.4. The number of esters is 3. The number of hydrogen-bond donors (Lipinski definition) is 8. The largest absolute Gasteiger partial charge is 0.458 e. The van der Waals surface area contributed by atoms with Crippen LogP contribution in [0.3, 0.4) is 0 Å². The Hall–Kier alpha value is -3.51. The second kappa shape index (κ2) is 23.1. The minimum Gasteiger partial charge on any atom is -0.458 e. The van der Waals surface area contributed by atoms with Gasteiger partial charge in [-0.15, -0.1) is 0 Å². The highest BCUT2D eigenvalue weighted by Crippen LogP contribution is 2.23. The Bertz CT molecular complexity index is 1340. The van der Waals surface area contributed by atoms with E-state index in [0.29, 0.717) is 22.3 Å². The van der Waals surface area contributed by atoms with Crippen molar-refractivity contribution in [1.82, 2.24) is 0 Å². The van der Waals surface area contributed by atoms with Crippen molar-refractivity contribution in [2.45, 2.75) is 110 Å². The normalized spacial score (nSPS) is 24.5. The molecule has 0 aromatic rings. The van der Waals surface area contributed by atoms with E-state index in [0.717, 1.165) is 0 Å². The van der Waals surface area contributed by atoms with Crippen LogP contribution in [0.1, 0.15) is 60.8 Å². The molecule has 51 heavy (non-hydrogen) atoms. The molecule has 0 spiro atoms. The molecule has 0 radical (unpaired) electrons. The molecule has 1 heterocycles. The second-order valence-corrected chi connectivity index (χ2v) is 12.2. The van der Waals surface area contributed by atoms with E-state index in [1.165, 1.54) is 38.2 Å². The lowest BCUT2D eigenvalue weighted by Gasteiger charge is -2.39. The summed E-state index contributed by atoms with van der Waals surface area (Å²) in [7, 11) is 0. The van der Waals surface area contributed by atoms with Gasteiger partial charge in [-0.3, -0.25) is 0 Å². The molecule has 0 amide bonds. The van der Waals surface area contributed by atoms with Crippen molar-refractivity contribution in [3.63, 3.8) is 0 Å². The lowest BCUT2D eigenvalue weighted by Crippen LogP contribution is -2.59. The summed E-state index contributed by atoms with van der Waals surface area (Å²) in [6.45, 7) is 8.26. The maximum absolute atomic E-state index is 12.4. The summed E-state index contributed by atoms with van der Waals surface area (Å²) in [6.07, 6.45) is -1.56. The predicted molar refractivity (Wildman–Crippen MR) is 183 cm³/mol. The third-order valence-electron chi connectivity index (χ3n) is 8.21. The number of aliphatic hydroxyl groups excluding tert-OH is 8. The van der Waals surface area contributed by atoms with E-state index in [4.69, 9.17) is 24.1 Å². The van der Waals surface area contributed by atoms with Gasteiger partial charge in [0, 0.05) is 16.7 Å². The van der Waals surface area contributed by atoms with E-state index in [9.17, 15) is 50.1 Å². The predicted octanol–water partition coefficient (Wildman–Crippen LogP) is 0.339. The molecule has 8 N–H and O–H groups in total. The fourth-order valence-electron chi connectivity index (χ4n) is 4.31. The molecule has 0 aliphatic carbocycles. The van der Waals surface area contributed by atoms with E-state index < -0.39 is 73.5 Å². The standard InChI is InChI=1S/C36H54O15/c1-20(13-16-37)26(39)10-7-23(4)33(45)48-17-14-21(2)27(40)11-8-24(5)34(46)49-18-15-22(3)28(41)12-9-25(6)35(47)51-36-32(44)31(43)30(42)29(19-38)50-36/h7-9,13-15,26-32,36-44H,10-12,16-19H2,1-6H3/b20-13+,21-14+,22-15+,23-7+,24-8+,25-9+/t26?,27?,28?,29-,30-,31+,32-,36+/m1/s1. The zero-order valence-electron chi connectivity index (χ0n) is 30.0. The average Bonchev–Trinajstić information content (AvgIpc) is 3.10. The van der Waals surface area contributed by atoms with Crippen molar-refractivity contribution in [3.8, 4) is 0 Å². The first kappa shape index (κ1) is 45.5. The van der Waals surface area contributed by atoms with Crippen molar-refractivity contribution in [3.05, 3.63) is 69.9 Å². The Kier molecular flexibility index (Phi) is 20.6. The van der Waals surface area contributed by atoms with Gasteiger partial charge in [0.1, 0.15) is 37.6 Å². The van der Waals surface area contributed by atoms with E-state index >= 15 is 0 Å². The van der Waals surface area contributed by atoms with Gasteiger partial charge in [0.15, 0.2) is 0 Å². The van der Waals surface area contributed by atoms with Crippen LogP contribution in [0.15, 0.2) is 69.9 Å². The Labute approximate surface area is 298 Å². The van der Waals surface area contributed by atoms with E-state index in [1.54, 1.807) is 39.8 Å². The van der Waals surface area contributed by atoms with Crippen LogP contribution in [0, 0.1) is 0 Å². The molecule has 288 valence electrons. The first-order chi connectivity index (χ1) is 23.9. The highest BCUT2D eigenvalue weighted by molar-refractivity contribution is 5.88. The molecule has 0 aromatic carbocycles. The Balaban J connectivity index is 2.54. The average molecular weight is 727 g/mol. The van der Waals surface area contributed by atoms with E-state index in [-0.39, 0.29) is 50.2 Å². The summed E-state index contributed by atoms with van der Waals surface area (Å²) >= 11 is 0. The van der Waals surface area contributed by atoms with Crippen molar-refractivity contribution < 1.29 is 74.2 Å². The molecule has 1 aliphatic heterocycles. The van der Waals surface area contributed by atoms with Crippen molar-refractivity contribution in [2.24, 2.45) is 0 Å². The van der Waals surface area contributed by atoms with Gasteiger partial charge in [0.25, 0.3) is 0 Å². The monoisotopic (exact) mass is 726 g/mol. The van der Waals surface area contributed by atoms with Crippen LogP contribution in [-0.4, -0.2) is 134 Å².